The molecule has 0 spiro atoms. The van der Waals surface area contributed by atoms with Gasteiger partial charge in [0.1, 0.15) is 6.09 Å². The smallest absolute Gasteiger partial charge is 0.137 e. The van der Waals surface area contributed by atoms with Crippen LogP contribution < -0.4 is 5.11 Å². The van der Waals surface area contributed by atoms with E-state index in [9.17, 15) is 9.90 Å². The van der Waals surface area contributed by atoms with Gasteiger partial charge in [-0.2, -0.15) is 0 Å². The second-order valence-corrected chi connectivity index (χ2v) is 3.66. The van der Waals surface area contributed by atoms with Crippen LogP contribution in [0.15, 0.2) is 30.3 Å². The lowest BCUT2D eigenvalue weighted by Crippen LogP contribution is -2.41. The number of rotatable bonds is 4. The van der Waals surface area contributed by atoms with Crippen molar-refractivity contribution in [2.75, 3.05) is 11.9 Å². The summed E-state index contributed by atoms with van der Waals surface area (Å²) < 4.78 is 0. The first-order valence-corrected chi connectivity index (χ1v) is 5.42. The van der Waals surface area contributed by atoms with Crippen LogP contribution in [-0.2, 0) is 6.54 Å². The highest BCUT2D eigenvalue weighted by atomic mass is 79.9. The summed E-state index contributed by atoms with van der Waals surface area (Å²) in [5.74, 6) is 0. The highest BCUT2D eigenvalue weighted by molar-refractivity contribution is 9.09. The molecule has 0 aliphatic carbocycles. The Morgan fingerprint density at radius 2 is 2.00 bits per heavy atom. The van der Waals surface area contributed by atoms with Gasteiger partial charge in [-0.1, -0.05) is 46.3 Å². The molecule has 0 aliphatic heterocycles. The van der Waals surface area contributed by atoms with Crippen LogP contribution in [0.3, 0.4) is 0 Å². The van der Waals surface area contributed by atoms with Gasteiger partial charge >= 0.3 is 0 Å². The molecule has 0 bridgehead atoms. The molecule has 1 rings (SSSR count). The van der Waals surface area contributed by atoms with E-state index in [0.29, 0.717) is 18.4 Å². The number of benzene rings is 1. The summed E-state index contributed by atoms with van der Waals surface area (Å²) in [6.07, 6.45) is -1.13. The molecular weight excluding hydrogens is 246 g/mol. The van der Waals surface area contributed by atoms with Gasteiger partial charge in [0.25, 0.3) is 0 Å². The van der Waals surface area contributed by atoms with Gasteiger partial charge < -0.3 is 14.8 Å². The van der Waals surface area contributed by atoms with E-state index < -0.39 is 6.09 Å². The summed E-state index contributed by atoms with van der Waals surface area (Å²) in [6.45, 7) is 0.825. The van der Waals surface area contributed by atoms with E-state index in [1.54, 1.807) is 0 Å². The highest BCUT2D eigenvalue weighted by Gasteiger charge is 2.03. The molecule has 1 aromatic rings. The summed E-state index contributed by atoms with van der Waals surface area (Å²) >= 11 is 3.20. The number of alkyl halides is 1. The molecule has 0 aliphatic rings. The summed E-state index contributed by atoms with van der Waals surface area (Å²) in [7, 11) is 0. The van der Waals surface area contributed by atoms with Gasteiger partial charge in [-0.3, -0.25) is 0 Å². The molecule has 1 aromatic carbocycles. The van der Waals surface area contributed by atoms with Crippen molar-refractivity contribution in [3.63, 3.8) is 0 Å². The fraction of sp³-hybridized carbons (Fsp3) is 0.300. The van der Waals surface area contributed by atoms with Crippen LogP contribution in [0.25, 0.3) is 0 Å². The van der Waals surface area contributed by atoms with Crippen molar-refractivity contribution in [3.8, 4) is 0 Å². The first-order valence-electron chi connectivity index (χ1n) is 4.30. The van der Waals surface area contributed by atoms with Gasteiger partial charge in [0.05, 0.1) is 0 Å². The Morgan fingerprint density at radius 1 is 1.36 bits per heavy atom. The van der Waals surface area contributed by atoms with Gasteiger partial charge in [-0.05, 0) is 5.56 Å². The number of amides is 1. The average molecular weight is 257 g/mol. The minimum atomic E-state index is -1.13. The molecule has 4 heteroatoms. The largest absolute Gasteiger partial charge is 0.530 e. The van der Waals surface area contributed by atoms with Crippen LogP contribution >= 0.6 is 15.9 Å². The Bertz CT molecular complexity index is 289. The maximum absolute atomic E-state index is 10.7. The number of hydrogen-bond acceptors (Lipinski definition) is 2. The van der Waals surface area contributed by atoms with Gasteiger partial charge in [0, 0.05) is 18.4 Å². The van der Waals surface area contributed by atoms with Crippen molar-refractivity contribution < 1.29 is 9.90 Å². The third kappa shape index (κ3) is 3.38. The highest BCUT2D eigenvalue weighted by Crippen LogP contribution is 2.04. The maximum Gasteiger partial charge on any atom is 0.137 e. The number of carbonyl (C=O) groups is 1. The SMILES string of the molecule is O=C([O-])N(CCBr)Cc1ccccc1. The molecule has 0 saturated carbocycles. The third-order valence-electron chi connectivity index (χ3n) is 1.83. The quantitative estimate of drug-likeness (QED) is 0.761. The van der Waals surface area contributed by atoms with E-state index in [4.69, 9.17) is 0 Å². The normalized spacial score (nSPS) is 9.79. The zero-order valence-corrected chi connectivity index (χ0v) is 9.24. The van der Waals surface area contributed by atoms with E-state index in [0.717, 1.165) is 5.56 Å². The molecule has 0 N–H and O–H groups in total. The summed E-state index contributed by atoms with van der Waals surface area (Å²) in [5.41, 5.74) is 0.970. The van der Waals surface area contributed by atoms with Gasteiger partial charge in [-0.15, -0.1) is 0 Å². The Labute approximate surface area is 91.5 Å². The molecule has 76 valence electrons. The molecule has 1 amide bonds. The van der Waals surface area contributed by atoms with E-state index >= 15 is 0 Å². The molecule has 0 atom stereocenters. The molecule has 0 saturated heterocycles. The van der Waals surface area contributed by atoms with Crippen molar-refractivity contribution in [2.24, 2.45) is 0 Å². The maximum atomic E-state index is 10.7. The molecule has 0 radical (unpaired) electrons. The van der Waals surface area contributed by atoms with E-state index in [1.807, 2.05) is 30.3 Å². The summed E-state index contributed by atoms with van der Waals surface area (Å²) in [6, 6.07) is 9.46. The number of hydrogen-bond donors (Lipinski definition) is 0. The first kappa shape index (κ1) is 11.0. The summed E-state index contributed by atoms with van der Waals surface area (Å²) in [5, 5.41) is 11.3. The van der Waals surface area contributed by atoms with Crippen molar-refractivity contribution in [2.45, 2.75) is 6.54 Å². The Balaban J connectivity index is 2.60. The molecule has 3 nitrogen and oxygen atoms in total. The zero-order valence-electron chi connectivity index (χ0n) is 7.65. The lowest BCUT2D eigenvalue weighted by molar-refractivity contribution is -0.266. The molecule has 0 heterocycles. The van der Waals surface area contributed by atoms with E-state index in [2.05, 4.69) is 15.9 Å². The second kappa shape index (κ2) is 5.65. The average Bonchev–Trinajstić information content (AvgIpc) is 2.18. The number of halogens is 1. The number of nitrogens with zero attached hydrogens (tertiary/aromatic N) is 1. The molecule has 0 unspecified atom stereocenters. The van der Waals surface area contributed by atoms with E-state index in [-0.39, 0.29) is 0 Å². The predicted octanol–water partition coefficient (Wildman–Crippen LogP) is 1.23. The molecular formula is C10H11BrNO2-. The van der Waals surface area contributed by atoms with Crippen LogP contribution in [0.2, 0.25) is 0 Å². The minimum absolute atomic E-state index is 0.384. The lowest BCUT2D eigenvalue weighted by Gasteiger charge is -2.24. The molecule has 0 fully saturated rings. The summed E-state index contributed by atoms with van der Waals surface area (Å²) in [4.78, 5) is 12.0. The lowest BCUT2D eigenvalue weighted by atomic mass is 10.2. The van der Waals surface area contributed by atoms with E-state index in [1.165, 1.54) is 4.90 Å². The van der Waals surface area contributed by atoms with Crippen LogP contribution in [0.4, 0.5) is 4.79 Å². The molecule has 14 heavy (non-hydrogen) atoms. The predicted molar refractivity (Wildman–Crippen MR) is 56.0 cm³/mol. The van der Waals surface area contributed by atoms with Crippen molar-refractivity contribution in [3.05, 3.63) is 35.9 Å². The number of carboxylic acid groups (broad SMARTS) is 1. The second-order valence-electron chi connectivity index (χ2n) is 2.86. The van der Waals surface area contributed by atoms with Crippen molar-refractivity contribution in [1.82, 2.24) is 4.90 Å². The van der Waals surface area contributed by atoms with Crippen molar-refractivity contribution in [1.29, 1.82) is 0 Å². The molecule has 0 aromatic heterocycles. The van der Waals surface area contributed by atoms with Crippen LogP contribution in [0.1, 0.15) is 5.56 Å². The first-order chi connectivity index (χ1) is 6.74. The Morgan fingerprint density at radius 3 is 2.50 bits per heavy atom. The van der Waals surface area contributed by atoms with Crippen LogP contribution in [-0.4, -0.2) is 22.9 Å². The Kier molecular flexibility index (Phi) is 4.46. The zero-order chi connectivity index (χ0) is 10.4. The van der Waals surface area contributed by atoms with Crippen LogP contribution in [0, 0.1) is 0 Å². The standard InChI is InChI=1S/C10H12BrNO2/c11-6-7-12(10(13)14)8-9-4-2-1-3-5-9/h1-5H,6-8H2,(H,13,14)/p-1. The monoisotopic (exact) mass is 256 g/mol. The van der Waals surface area contributed by atoms with Gasteiger partial charge in [-0.25, -0.2) is 0 Å². The van der Waals surface area contributed by atoms with Crippen LogP contribution in [0.5, 0.6) is 0 Å². The van der Waals surface area contributed by atoms with Gasteiger partial charge in [0.15, 0.2) is 0 Å². The fourth-order valence-corrected chi connectivity index (χ4v) is 1.57. The van der Waals surface area contributed by atoms with Gasteiger partial charge in [0.2, 0.25) is 0 Å². The van der Waals surface area contributed by atoms with Crippen molar-refractivity contribution >= 4 is 22.0 Å². The number of carbonyl (C=O) groups excluding carboxylic acids is 1. The topological polar surface area (TPSA) is 43.4 Å². The fourth-order valence-electron chi connectivity index (χ4n) is 1.14. The third-order valence-corrected chi connectivity index (χ3v) is 2.18. The minimum Gasteiger partial charge on any atom is -0.530 e. The Hall–Kier alpha value is -1.03.